The zero-order valence-electron chi connectivity index (χ0n) is 30.5. The van der Waals surface area contributed by atoms with Crippen molar-refractivity contribution in [2.45, 2.75) is 16.1 Å². The van der Waals surface area contributed by atoms with Crippen molar-refractivity contribution in [1.82, 2.24) is 0 Å². The van der Waals surface area contributed by atoms with Gasteiger partial charge in [-0.3, -0.25) is 0 Å². The van der Waals surface area contributed by atoms with Crippen LogP contribution < -0.4 is 9.80 Å². The summed E-state index contributed by atoms with van der Waals surface area (Å²) in [5.41, 5.74) is 10.8. The van der Waals surface area contributed by atoms with E-state index in [1.165, 1.54) is 69.6 Å². The fraction of sp³-hybridized carbons (Fsp3) is 0.0385. The number of hydrogen-bond acceptors (Lipinski definition) is 4. The molecular weight excluding hydrogens is 717 g/mol. The lowest BCUT2D eigenvalue weighted by Crippen LogP contribution is -2.11. The smallest absolute Gasteiger partial charge is 0.0640 e. The van der Waals surface area contributed by atoms with Crippen LogP contribution in [-0.4, -0.2) is 5.25 Å². The van der Waals surface area contributed by atoms with Gasteiger partial charge in [0.1, 0.15) is 0 Å². The molecule has 0 amide bonds. The van der Waals surface area contributed by atoms with Crippen molar-refractivity contribution < 1.29 is 0 Å². The third-order valence-corrected chi connectivity index (χ3v) is 13.7. The van der Waals surface area contributed by atoms with Gasteiger partial charge in [0.2, 0.25) is 0 Å². The van der Waals surface area contributed by atoms with Crippen LogP contribution in [0.25, 0.3) is 42.1 Å². The minimum absolute atomic E-state index is 0.422. The lowest BCUT2D eigenvalue weighted by molar-refractivity contribution is 0.881. The van der Waals surface area contributed by atoms with E-state index in [1.807, 2.05) is 23.1 Å². The van der Waals surface area contributed by atoms with Crippen LogP contribution >= 0.6 is 23.1 Å². The van der Waals surface area contributed by atoms with Gasteiger partial charge in [0.05, 0.1) is 16.1 Å². The lowest BCUT2D eigenvalue weighted by Gasteiger charge is -2.27. The largest absolute Gasteiger partial charge is 0.310 e. The molecule has 266 valence electrons. The Bertz CT molecular complexity index is 2920. The predicted octanol–water partition coefficient (Wildman–Crippen LogP) is 15.5. The number of thioether (sulfide) groups is 1. The van der Waals surface area contributed by atoms with Crippen molar-refractivity contribution >= 4 is 88.2 Å². The van der Waals surface area contributed by atoms with Crippen molar-refractivity contribution in [3.05, 3.63) is 212 Å². The molecule has 1 aliphatic carbocycles. The van der Waals surface area contributed by atoms with E-state index >= 15 is 0 Å². The summed E-state index contributed by atoms with van der Waals surface area (Å²) in [4.78, 5) is 6.23. The SMILES string of the molecule is C1=CC2Sc3cc(N(c4ccc(-c5ccc6ccccc6c5)cc4)c4cccc5c4sc4cccc(N(c6ccccc6)c6ccccc6)c45)ccc3C2C=C1. The van der Waals surface area contributed by atoms with Gasteiger partial charge in [0.25, 0.3) is 0 Å². The number of para-hydroxylation sites is 2. The normalized spacial score (nSPS) is 15.6. The first kappa shape index (κ1) is 33.0. The molecule has 8 aromatic carbocycles. The average Bonchev–Trinajstić information content (AvgIpc) is 3.84. The Balaban J connectivity index is 1.09. The highest BCUT2D eigenvalue weighted by atomic mass is 32.2. The van der Waals surface area contributed by atoms with Crippen LogP contribution in [0, 0.1) is 0 Å². The van der Waals surface area contributed by atoms with E-state index in [9.17, 15) is 0 Å². The fourth-order valence-electron chi connectivity index (χ4n) is 8.52. The molecule has 4 heteroatoms. The zero-order chi connectivity index (χ0) is 37.0. The van der Waals surface area contributed by atoms with Gasteiger partial charge in [-0.1, -0.05) is 133 Å². The average molecular weight is 753 g/mol. The monoisotopic (exact) mass is 752 g/mol. The standard InChI is InChI=1S/C52H36N2S2/c1-3-15-39(16-4-1)53(40-17-5-2-6-18-40)46-21-12-24-49-51(46)45-20-11-22-47(52(45)56-49)54(42-31-32-44-43-19-9-10-23-48(43)55-50(44)34-42)41-29-27-36(28-30-41)38-26-25-35-13-7-8-14-37(35)33-38/h1-34,43,48H. The number of fused-ring (bicyclic) bond motifs is 7. The molecule has 2 unspecified atom stereocenters. The van der Waals surface area contributed by atoms with Gasteiger partial charge < -0.3 is 9.80 Å². The number of hydrogen-bond donors (Lipinski definition) is 0. The molecule has 11 rings (SSSR count). The predicted molar refractivity (Wildman–Crippen MR) is 242 cm³/mol. The lowest BCUT2D eigenvalue weighted by atomic mass is 9.92. The number of rotatable bonds is 7. The number of anilines is 6. The van der Waals surface area contributed by atoms with Crippen LogP contribution in [0.2, 0.25) is 0 Å². The molecular formula is C52H36N2S2. The van der Waals surface area contributed by atoms with E-state index in [0.29, 0.717) is 11.2 Å². The van der Waals surface area contributed by atoms with E-state index in [0.717, 1.165) is 17.1 Å². The Morgan fingerprint density at radius 3 is 1.89 bits per heavy atom. The van der Waals surface area contributed by atoms with Crippen LogP contribution in [0.1, 0.15) is 11.5 Å². The summed E-state index contributed by atoms with van der Waals surface area (Å²) in [5, 5.41) is 5.48. The van der Waals surface area contributed by atoms with Crippen molar-refractivity contribution in [3.63, 3.8) is 0 Å². The topological polar surface area (TPSA) is 6.48 Å². The van der Waals surface area contributed by atoms with Gasteiger partial charge in [0.15, 0.2) is 0 Å². The molecule has 2 nitrogen and oxygen atoms in total. The molecule has 0 saturated heterocycles. The summed E-state index contributed by atoms with van der Waals surface area (Å²) in [6.07, 6.45) is 9.09. The number of allylic oxidation sites excluding steroid dienone is 3. The van der Waals surface area contributed by atoms with Gasteiger partial charge in [-0.05, 0) is 100 Å². The first-order valence-corrected chi connectivity index (χ1v) is 20.9. The molecule has 56 heavy (non-hydrogen) atoms. The van der Waals surface area contributed by atoms with Gasteiger partial charge in [0, 0.05) is 54.3 Å². The molecule has 0 N–H and O–H groups in total. The summed E-state index contributed by atoms with van der Waals surface area (Å²) < 4.78 is 2.53. The summed E-state index contributed by atoms with van der Waals surface area (Å²) in [5.74, 6) is 0.422. The third-order valence-electron chi connectivity index (χ3n) is 11.2. The van der Waals surface area contributed by atoms with E-state index in [1.54, 1.807) is 0 Å². The van der Waals surface area contributed by atoms with Gasteiger partial charge in [-0.2, -0.15) is 0 Å². The first-order valence-electron chi connectivity index (χ1n) is 19.2. The molecule has 0 bridgehead atoms. The summed E-state index contributed by atoms with van der Waals surface area (Å²) in [7, 11) is 0. The molecule has 2 heterocycles. The van der Waals surface area contributed by atoms with E-state index < -0.39 is 0 Å². The second kappa shape index (κ2) is 13.8. The fourth-order valence-corrected chi connectivity index (χ4v) is 11.1. The molecule has 1 aliphatic heterocycles. The van der Waals surface area contributed by atoms with E-state index in [2.05, 4.69) is 216 Å². The van der Waals surface area contributed by atoms with Crippen LogP contribution in [0.15, 0.2) is 211 Å². The minimum atomic E-state index is 0.422. The van der Waals surface area contributed by atoms with Crippen molar-refractivity contribution in [3.8, 4) is 11.1 Å². The highest BCUT2D eigenvalue weighted by Crippen LogP contribution is 2.52. The Labute approximate surface area is 335 Å². The van der Waals surface area contributed by atoms with Crippen molar-refractivity contribution in [2.75, 3.05) is 9.80 Å². The van der Waals surface area contributed by atoms with E-state index in [4.69, 9.17) is 0 Å². The highest BCUT2D eigenvalue weighted by molar-refractivity contribution is 8.00. The number of thiophene rings is 1. The maximum absolute atomic E-state index is 2.47. The van der Waals surface area contributed by atoms with Crippen LogP contribution in [0.4, 0.5) is 34.1 Å². The van der Waals surface area contributed by atoms with Crippen LogP contribution in [0.3, 0.4) is 0 Å². The molecule has 0 saturated carbocycles. The van der Waals surface area contributed by atoms with Gasteiger partial charge >= 0.3 is 0 Å². The van der Waals surface area contributed by atoms with E-state index in [-0.39, 0.29) is 0 Å². The molecule has 2 atom stereocenters. The van der Waals surface area contributed by atoms with Gasteiger partial charge in [-0.15, -0.1) is 23.1 Å². The molecule has 1 aromatic heterocycles. The maximum atomic E-state index is 2.47. The molecule has 2 aliphatic rings. The van der Waals surface area contributed by atoms with Crippen LogP contribution in [-0.2, 0) is 0 Å². The van der Waals surface area contributed by atoms with Crippen molar-refractivity contribution in [2.24, 2.45) is 0 Å². The van der Waals surface area contributed by atoms with Crippen LogP contribution in [0.5, 0.6) is 0 Å². The summed E-state index contributed by atoms with van der Waals surface area (Å²) in [6, 6.07) is 66.6. The Morgan fingerprint density at radius 2 is 1.09 bits per heavy atom. The first-order chi connectivity index (χ1) is 27.8. The minimum Gasteiger partial charge on any atom is -0.310 e. The molecule has 0 radical (unpaired) electrons. The second-order valence-corrected chi connectivity index (χ2v) is 16.7. The maximum Gasteiger partial charge on any atom is 0.0640 e. The molecule has 9 aromatic rings. The van der Waals surface area contributed by atoms with Gasteiger partial charge in [-0.25, -0.2) is 0 Å². The summed E-state index contributed by atoms with van der Waals surface area (Å²) >= 11 is 3.86. The number of nitrogens with zero attached hydrogens (tertiary/aromatic N) is 2. The zero-order valence-corrected chi connectivity index (χ0v) is 32.1. The Kier molecular flexibility index (Phi) is 8.12. The molecule has 0 spiro atoms. The quantitative estimate of drug-likeness (QED) is 0.160. The Morgan fingerprint density at radius 1 is 0.446 bits per heavy atom. The number of benzene rings is 8. The molecule has 0 fully saturated rings. The highest BCUT2D eigenvalue weighted by Gasteiger charge is 2.32. The Hall–Kier alpha value is -6.33. The second-order valence-electron chi connectivity index (χ2n) is 14.5. The summed E-state index contributed by atoms with van der Waals surface area (Å²) in [6.45, 7) is 0. The van der Waals surface area contributed by atoms with Crippen molar-refractivity contribution in [1.29, 1.82) is 0 Å². The third kappa shape index (κ3) is 5.64.